The summed E-state index contributed by atoms with van der Waals surface area (Å²) in [5.74, 6) is -0.822. The summed E-state index contributed by atoms with van der Waals surface area (Å²) in [7, 11) is -3.34. The standard InChI is InChI=1S/C16H14F3N5O8P/c17-16(18,19)8-3-1-2-4-9(8)32-33(29)30-7-15(22-23-20)12(27)11(26)13(31-15)24-10(25)5-6-21-14(24)28/h1-6,11-13,26-27H,7H2,(H,21,28)/t11-,12+,13-,15-/m1/s1. The van der Waals surface area contributed by atoms with Crippen LogP contribution in [0.4, 0.5) is 13.2 Å². The van der Waals surface area contributed by atoms with Crippen molar-refractivity contribution in [2.45, 2.75) is 30.3 Å². The summed E-state index contributed by atoms with van der Waals surface area (Å²) in [5.41, 5.74) is 3.13. The van der Waals surface area contributed by atoms with Crippen LogP contribution >= 0.6 is 8.25 Å². The van der Waals surface area contributed by atoms with Crippen molar-refractivity contribution >= 4 is 8.25 Å². The fourth-order valence-electron chi connectivity index (χ4n) is 2.99. The summed E-state index contributed by atoms with van der Waals surface area (Å²) in [4.78, 5) is 28.6. The summed E-state index contributed by atoms with van der Waals surface area (Å²) in [6.45, 7) is -1.09. The lowest BCUT2D eigenvalue weighted by Crippen LogP contribution is -2.44. The van der Waals surface area contributed by atoms with Crippen molar-refractivity contribution in [3.8, 4) is 5.75 Å². The number of nitrogens with zero attached hydrogens (tertiary/aromatic N) is 4. The van der Waals surface area contributed by atoms with Crippen LogP contribution in [0, 0.1) is 0 Å². The van der Waals surface area contributed by atoms with Crippen LogP contribution in [0.25, 0.3) is 10.4 Å². The van der Waals surface area contributed by atoms with Crippen molar-refractivity contribution in [1.82, 2.24) is 9.55 Å². The van der Waals surface area contributed by atoms with E-state index in [-0.39, 0.29) is 0 Å². The first-order valence-electron chi connectivity index (χ1n) is 8.85. The molecule has 0 spiro atoms. The number of halogens is 3. The molecule has 13 nitrogen and oxygen atoms in total. The van der Waals surface area contributed by atoms with Crippen molar-refractivity contribution < 1.29 is 41.7 Å². The van der Waals surface area contributed by atoms with Gasteiger partial charge in [0, 0.05) is 17.2 Å². The van der Waals surface area contributed by atoms with E-state index in [9.17, 15) is 37.5 Å². The fraction of sp³-hybridized carbons (Fsp3) is 0.375. The molecule has 1 aliphatic rings. The number of aliphatic hydroxyl groups is 2. The SMILES string of the molecule is [N-]=[N+]=N[C@]1(CO[P](=O)Oc2ccccc2C(F)(F)F)O[C@@H](n2c(=O)cc[nH]c2=O)[C@H](O)[C@@H]1O. The monoisotopic (exact) mass is 492 g/mol. The first-order valence-corrected chi connectivity index (χ1v) is 9.94. The number of benzene rings is 1. The second-order valence-corrected chi connectivity index (χ2v) is 7.44. The molecular formula is C16H14F3N5O8P. The van der Waals surface area contributed by atoms with E-state index in [1.54, 1.807) is 0 Å². The number of alkyl halides is 3. The predicted molar refractivity (Wildman–Crippen MR) is 101 cm³/mol. The second-order valence-electron chi connectivity index (χ2n) is 6.55. The van der Waals surface area contributed by atoms with Crippen molar-refractivity contribution in [3.63, 3.8) is 0 Å². The number of aromatic nitrogens is 2. The Kier molecular flexibility index (Phi) is 6.88. The summed E-state index contributed by atoms with van der Waals surface area (Å²) >= 11 is 0. The van der Waals surface area contributed by atoms with Gasteiger partial charge >= 0.3 is 20.1 Å². The third-order valence-electron chi connectivity index (χ3n) is 4.50. The van der Waals surface area contributed by atoms with Gasteiger partial charge in [-0.25, -0.2) is 13.9 Å². The van der Waals surface area contributed by atoms with Crippen LogP contribution in [0.1, 0.15) is 11.8 Å². The minimum atomic E-state index is -4.82. The van der Waals surface area contributed by atoms with E-state index in [0.29, 0.717) is 10.6 Å². The zero-order valence-electron chi connectivity index (χ0n) is 16.1. The molecule has 0 bridgehead atoms. The van der Waals surface area contributed by atoms with Crippen LogP contribution in [0.2, 0.25) is 0 Å². The number of azide groups is 1. The molecule has 177 valence electrons. The molecule has 17 heteroatoms. The summed E-state index contributed by atoms with van der Waals surface area (Å²) in [6.07, 6.45) is -9.75. The highest BCUT2D eigenvalue weighted by Gasteiger charge is 2.56. The molecule has 0 amide bonds. The Morgan fingerprint density at radius 2 is 2.00 bits per heavy atom. The highest BCUT2D eigenvalue weighted by Crippen LogP contribution is 2.42. The van der Waals surface area contributed by atoms with E-state index >= 15 is 0 Å². The minimum absolute atomic E-state index is 0.388. The highest BCUT2D eigenvalue weighted by molar-refractivity contribution is 7.33. The molecule has 3 N–H and O–H groups in total. The van der Waals surface area contributed by atoms with Crippen LogP contribution in [0.15, 0.2) is 51.2 Å². The Balaban J connectivity index is 1.83. The Hall–Kier alpha value is -3.26. The van der Waals surface area contributed by atoms with E-state index in [1.807, 2.05) is 0 Å². The van der Waals surface area contributed by atoms with Gasteiger partial charge in [-0.1, -0.05) is 17.2 Å². The number of rotatable bonds is 7. The lowest BCUT2D eigenvalue weighted by Gasteiger charge is -2.25. The summed E-state index contributed by atoms with van der Waals surface area (Å²) in [5, 5.41) is 23.9. The maximum atomic E-state index is 13.0. The number of ether oxygens (including phenoxy) is 1. The molecule has 2 heterocycles. The van der Waals surface area contributed by atoms with Gasteiger partial charge < -0.3 is 24.5 Å². The molecule has 5 atom stereocenters. The lowest BCUT2D eigenvalue weighted by atomic mass is 10.1. The molecular weight excluding hydrogens is 478 g/mol. The van der Waals surface area contributed by atoms with Gasteiger partial charge in [0.25, 0.3) is 5.56 Å². The van der Waals surface area contributed by atoms with Crippen LogP contribution in [0.3, 0.4) is 0 Å². The number of hydrogen-bond donors (Lipinski definition) is 3. The van der Waals surface area contributed by atoms with Crippen molar-refractivity contribution in [1.29, 1.82) is 0 Å². The predicted octanol–water partition coefficient (Wildman–Crippen LogP) is 1.57. The molecule has 1 fully saturated rings. The average molecular weight is 492 g/mol. The van der Waals surface area contributed by atoms with E-state index in [2.05, 4.69) is 19.5 Å². The Morgan fingerprint density at radius 3 is 2.64 bits per heavy atom. The quantitative estimate of drug-likeness (QED) is 0.225. The number of hydrogen-bond acceptors (Lipinski definition) is 9. The normalized spacial score (nSPS) is 25.4. The van der Waals surface area contributed by atoms with Gasteiger partial charge in [-0.05, 0) is 17.7 Å². The van der Waals surface area contributed by atoms with Gasteiger partial charge in [0.05, 0.1) is 5.56 Å². The maximum Gasteiger partial charge on any atom is 0.429 e. The third-order valence-corrected chi connectivity index (χ3v) is 5.19. The Morgan fingerprint density at radius 1 is 1.30 bits per heavy atom. The minimum Gasteiger partial charge on any atom is -0.397 e. The van der Waals surface area contributed by atoms with Crippen LogP contribution in [-0.2, 0) is 20.0 Å². The molecule has 1 aliphatic heterocycles. The number of aromatic amines is 1. The fourth-order valence-corrected chi connectivity index (χ4v) is 3.65. The molecule has 2 aromatic rings. The van der Waals surface area contributed by atoms with Crippen molar-refractivity contribution in [3.05, 3.63) is 73.4 Å². The Labute approximate surface area is 181 Å². The lowest BCUT2D eigenvalue weighted by molar-refractivity contribution is -0.138. The molecule has 1 unspecified atom stereocenters. The number of para-hydroxylation sites is 1. The van der Waals surface area contributed by atoms with Crippen molar-refractivity contribution in [2.75, 3.05) is 6.61 Å². The zero-order valence-corrected chi connectivity index (χ0v) is 17.0. The molecule has 3 rings (SSSR count). The van der Waals surface area contributed by atoms with Gasteiger partial charge in [-0.3, -0.25) is 9.32 Å². The molecule has 1 radical (unpaired) electrons. The molecule has 1 saturated heterocycles. The largest absolute Gasteiger partial charge is 0.429 e. The molecule has 0 saturated carbocycles. The highest BCUT2D eigenvalue weighted by atomic mass is 31.1. The van der Waals surface area contributed by atoms with Crippen LogP contribution in [-0.4, -0.2) is 44.3 Å². The van der Waals surface area contributed by atoms with Gasteiger partial charge in [0.2, 0.25) is 5.72 Å². The number of nitrogens with one attached hydrogen (secondary N) is 1. The van der Waals surface area contributed by atoms with Gasteiger partial charge in [0.1, 0.15) is 24.6 Å². The maximum absolute atomic E-state index is 13.0. The third kappa shape index (κ3) is 4.90. The van der Waals surface area contributed by atoms with Gasteiger partial charge in [0.15, 0.2) is 6.23 Å². The first-order chi connectivity index (χ1) is 15.5. The van der Waals surface area contributed by atoms with Crippen LogP contribution < -0.4 is 15.8 Å². The van der Waals surface area contributed by atoms with Gasteiger partial charge in [-0.2, -0.15) is 13.2 Å². The average Bonchev–Trinajstić information content (AvgIpc) is 2.98. The van der Waals surface area contributed by atoms with E-state index in [4.69, 9.17) is 14.8 Å². The molecule has 1 aromatic heterocycles. The van der Waals surface area contributed by atoms with E-state index in [0.717, 1.165) is 24.4 Å². The first kappa shape index (κ1) is 24.4. The summed E-state index contributed by atoms with van der Waals surface area (Å²) in [6, 6.07) is 4.75. The topological polar surface area (TPSA) is 189 Å². The number of aliphatic hydroxyl groups excluding tert-OH is 2. The van der Waals surface area contributed by atoms with Crippen molar-refractivity contribution in [2.24, 2.45) is 5.11 Å². The molecule has 1 aromatic carbocycles. The smallest absolute Gasteiger partial charge is 0.397 e. The number of H-pyrrole nitrogens is 1. The van der Waals surface area contributed by atoms with E-state index in [1.165, 1.54) is 6.07 Å². The van der Waals surface area contributed by atoms with Crippen LogP contribution in [0.5, 0.6) is 5.75 Å². The summed E-state index contributed by atoms with van der Waals surface area (Å²) < 4.78 is 66.4. The second kappa shape index (κ2) is 9.31. The Bertz CT molecular complexity index is 1190. The van der Waals surface area contributed by atoms with Gasteiger partial charge in [-0.15, -0.1) is 0 Å². The molecule has 0 aliphatic carbocycles. The van der Waals surface area contributed by atoms with E-state index < -0.39 is 67.8 Å². The zero-order chi connectivity index (χ0) is 24.4. The molecule has 33 heavy (non-hydrogen) atoms.